The van der Waals surface area contributed by atoms with E-state index in [1.54, 1.807) is 12.0 Å². The van der Waals surface area contributed by atoms with Crippen molar-refractivity contribution in [1.82, 2.24) is 4.90 Å². The summed E-state index contributed by atoms with van der Waals surface area (Å²) in [6.45, 7) is 3.24. The molecule has 1 saturated heterocycles. The Bertz CT molecular complexity index is 881. The van der Waals surface area contributed by atoms with E-state index in [1.165, 1.54) is 11.8 Å². The van der Waals surface area contributed by atoms with E-state index in [0.29, 0.717) is 33.9 Å². The Morgan fingerprint density at radius 2 is 1.93 bits per heavy atom. The average Bonchev–Trinajstić information content (AvgIpc) is 2.98. The maximum absolute atomic E-state index is 12.6. The quantitative estimate of drug-likeness (QED) is 0.435. The summed E-state index contributed by atoms with van der Waals surface area (Å²) in [5, 5.41) is 0. The lowest BCUT2D eigenvalue weighted by molar-refractivity contribution is -0.122. The third-order valence-corrected chi connectivity index (χ3v) is 5.71. The highest BCUT2D eigenvalue weighted by Crippen LogP contribution is 2.35. The van der Waals surface area contributed by atoms with Crippen molar-refractivity contribution in [2.24, 2.45) is 0 Å². The van der Waals surface area contributed by atoms with Crippen LogP contribution in [0.4, 0.5) is 0 Å². The molecule has 0 atom stereocenters. The van der Waals surface area contributed by atoms with Gasteiger partial charge in [0.25, 0.3) is 5.91 Å². The van der Waals surface area contributed by atoms with Gasteiger partial charge >= 0.3 is 0 Å². The van der Waals surface area contributed by atoms with Crippen molar-refractivity contribution in [3.63, 3.8) is 0 Å². The Kier molecular flexibility index (Phi) is 7.12. The van der Waals surface area contributed by atoms with Gasteiger partial charge in [0.2, 0.25) is 0 Å². The van der Waals surface area contributed by atoms with Crippen LogP contribution in [0.5, 0.6) is 11.5 Å². The predicted octanol–water partition coefficient (Wildman–Crippen LogP) is 5.28. The van der Waals surface area contributed by atoms with E-state index in [2.05, 4.69) is 6.92 Å². The SMILES string of the molecule is CCCCN1C(=O)/C(=C\c2ccc(OCc3ccccc3)c(OC)c2)SC1=S. The highest BCUT2D eigenvalue weighted by molar-refractivity contribution is 8.26. The molecule has 2 aromatic carbocycles. The van der Waals surface area contributed by atoms with Crippen LogP contribution in [0.1, 0.15) is 30.9 Å². The standard InChI is InChI=1S/C22H23NO3S2/c1-3-4-12-23-21(24)20(28-22(23)27)14-17-10-11-18(19(13-17)25-2)26-15-16-8-6-5-7-9-16/h5-11,13-14H,3-4,12,15H2,1-2H3/b20-14+. The molecule has 0 radical (unpaired) electrons. The predicted molar refractivity (Wildman–Crippen MR) is 119 cm³/mol. The molecule has 6 heteroatoms. The van der Waals surface area contributed by atoms with Crippen LogP contribution in [0.3, 0.4) is 0 Å². The minimum absolute atomic E-state index is 0.0215. The Balaban J connectivity index is 1.74. The largest absolute Gasteiger partial charge is 0.493 e. The van der Waals surface area contributed by atoms with Gasteiger partial charge in [-0.25, -0.2) is 0 Å². The van der Waals surface area contributed by atoms with Crippen LogP contribution in [-0.2, 0) is 11.4 Å². The molecule has 1 amide bonds. The molecule has 0 unspecified atom stereocenters. The third-order valence-electron chi connectivity index (χ3n) is 4.33. The molecule has 4 nitrogen and oxygen atoms in total. The molecule has 1 aliphatic rings. The molecule has 146 valence electrons. The summed E-state index contributed by atoms with van der Waals surface area (Å²) in [6, 6.07) is 15.6. The minimum atomic E-state index is -0.0215. The second-order valence-corrected chi connectivity index (χ2v) is 8.05. The molecule has 1 fully saturated rings. The van der Waals surface area contributed by atoms with Crippen molar-refractivity contribution in [3.05, 3.63) is 64.6 Å². The molecule has 0 N–H and O–H groups in total. The summed E-state index contributed by atoms with van der Waals surface area (Å²) >= 11 is 6.71. The minimum Gasteiger partial charge on any atom is -0.493 e. The Labute approximate surface area is 175 Å². The summed E-state index contributed by atoms with van der Waals surface area (Å²) in [6.07, 6.45) is 3.83. The van der Waals surface area contributed by atoms with Crippen molar-refractivity contribution in [1.29, 1.82) is 0 Å². The molecule has 0 spiro atoms. The van der Waals surface area contributed by atoms with Crippen molar-refractivity contribution in [2.45, 2.75) is 26.4 Å². The number of ether oxygens (including phenoxy) is 2. The van der Waals surface area contributed by atoms with Gasteiger partial charge in [-0.15, -0.1) is 0 Å². The van der Waals surface area contributed by atoms with Crippen LogP contribution >= 0.6 is 24.0 Å². The molecule has 0 aliphatic carbocycles. The molecule has 0 bridgehead atoms. The van der Waals surface area contributed by atoms with Gasteiger partial charge < -0.3 is 9.47 Å². The van der Waals surface area contributed by atoms with Gasteiger partial charge in [-0.2, -0.15) is 0 Å². The van der Waals surface area contributed by atoms with Crippen molar-refractivity contribution < 1.29 is 14.3 Å². The van der Waals surface area contributed by atoms with Crippen molar-refractivity contribution >= 4 is 40.3 Å². The number of carbonyl (C=O) groups excluding carboxylic acids is 1. The first-order valence-corrected chi connectivity index (χ1v) is 10.4. The normalized spacial score (nSPS) is 15.4. The van der Waals surface area contributed by atoms with Gasteiger partial charge in [-0.05, 0) is 35.8 Å². The van der Waals surface area contributed by atoms with Crippen LogP contribution in [-0.4, -0.2) is 28.8 Å². The number of methoxy groups -OCH3 is 1. The number of amides is 1. The molecule has 2 aromatic rings. The Morgan fingerprint density at radius 1 is 1.14 bits per heavy atom. The lowest BCUT2D eigenvalue weighted by Gasteiger charge is -2.13. The zero-order valence-corrected chi connectivity index (χ0v) is 17.6. The van der Waals surface area contributed by atoms with Gasteiger partial charge in [0, 0.05) is 6.54 Å². The number of hydrogen-bond acceptors (Lipinski definition) is 5. The zero-order valence-electron chi connectivity index (χ0n) is 16.0. The van der Waals surface area contributed by atoms with Crippen LogP contribution in [0.25, 0.3) is 6.08 Å². The van der Waals surface area contributed by atoms with E-state index >= 15 is 0 Å². The van der Waals surface area contributed by atoms with E-state index in [1.807, 2.05) is 54.6 Å². The fraction of sp³-hybridized carbons (Fsp3) is 0.273. The van der Waals surface area contributed by atoms with Gasteiger partial charge in [-0.1, -0.05) is 73.7 Å². The van der Waals surface area contributed by atoms with E-state index in [9.17, 15) is 4.79 Å². The van der Waals surface area contributed by atoms with Crippen LogP contribution in [0, 0.1) is 0 Å². The maximum atomic E-state index is 12.6. The first-order valence-electron chi connectivity index (χ1n) is 9.22. The number of rotatable bonds is 8. The average molecular weight is 414 g/mol. The summed E-state index contributed by atoms with van der Waals surface area (Å²) in [7, 11) is 1.61. The zero-order chi connectivity index (χ0) is 19.9. The second kappa shape index (κ2) is 9.75. The van der Waals surface area contributed by atoms with Crippen molar-refractivity contribution in [3.8, 4) is 11.5 Å². The number of unbranched alkanes of at least 4 members (excludes halogenated alkanes) is 1. The van der Waals surface area contributed by atoms with E-state index in [0.717, 1.165) is 24.0 Å². The first-order chi connectivity index (χ1) is 13.6. The monoisotopic (exact) mass is 413 g/mol. The van der Waals surface area contributed by atoms with Gasteiger partial charge in [0.05, 0.1) is 12.0 Å². The molecule has 28 heavy (non-hydrogen) atoms. The number of thiocarbonyl (C=S) groups is 1. The topological polar surface area (TPSA) is 38.8 Å². The van der Waals surface area contributed by atoms with E-state index in [4.69, 9.17) is 21.7 Å². The van der Waals surface area contributed by atoms with Crippen LogP contribution < -0.4 is 9.47 Å². The number of carbonyl (C=O) groups is 1. The number of benzene rings is 2. The molecule has 1 aliphatic heterocycles. The summed E-state index contributed by atoms with van der Waals surface area (Å²) in [5.41, 5.74) is 1.96. The highest BCUT2D eigenvalue weighted by Gasteiger charge is 2.31. The number of thioether (sulfide) groups is 1. The van der Waals surface area contributed by atoms with Crippen molar-refractivity contribution in [2.75, 3.05) is 13.7 Å². The van der Waals surface area contributed by atoms with Gasteiger partial charge in [-0.3, -0.25) is 9.69 Å². The van der Waals surface area contributed by atoms with E-state index < -0.39 is 0 Å². The molecule has 1 heterocycles. The molecule has 0 aromatic heterocycles. The van der Waals surface area contributed by atoms with Crippen LogP contribution in [0.15, 0.2) is 53.4 Å². The maximum Gasteiger partial charge on any atom is 0.266 e. The number of hydrogen-bond donors (Lipinski definition) is 0. The van der Waals surface area contributed by atoms with Gasteiger partial charge in [0.15, 0.2) is 11.5 Å². The fourth-order valence-electron chi connectivity index (χ4n) is 2.79. The lowest BCUT2D eigenvalue weighted by atomic mass is 10.1. The summed E-state index contributed by atoms with van der Waals surface area (Å²) in [5.74, 6) is 1.27. The fourth-order valence-corrected chi connectivity index (χ4v) is 4.10. The molecular formula is C22H23NO3S2. The third kappa shape index (κ3) is 4.94. The Hall–Kier alpha value is -2.31. The second-order valence-electron chi connectivity index (χ2n) is 6.37. The van der Waals surface area contributed by atoms with E-state index in [-0.39, 0.29) is 5.91 Å². The first kappa shape index (κ1) is 20.4. The summed E-state index contributed by atoms with van der Waals surface area (Å²) in [4.78, 5) is 14.9. The Morgan fingerprint density at radius 3 is 2.64 bits per heavy atom. The molecule has 0 saturated carbocycles. The lowest BCUT2D eigenvalue weighted by Crippen LogP contribution is -2.28. The number of nitrogens with zero attached hydrogens (tertiary/aromatic N) is 1. The highest BCUT2D eigenvalue weighted by atomic mass is 32.2. The van der Waals surface area contributed by atoms with Crippen LogP contribution in [0.2, 0.25) is 0 Å². The summed E-state index contributed by atoms with van der Waals surface area (Å²) < 4.78 is 12.0. The smallest absolute Gasteiger partial charge is 0.266 e. The molecule has 3 rings (SSSR count). The van der Waals surface area contributed by atoms with Gasteiger partial charge in [0.1, 0.15) is 10.9 Å². The molecular weight excluding hydrogens is 390 g/mol.